The molecule has 2 rings (SSSR count). The lowest BCUT2D eigenvalue weighted by atomic mass is 10.4. The SMILES string of the molecule is O=S(=O)(C1CC1)N1CCN(CCBr)CC1. The molecule has 4 nitrogen and oxygen atoms in total. The van der Waals surface area contributed by atoms with Crippen molar-refractivity contribution >= 4 is 26.0 Å². The third kappa shape index (κ3) is 2.72. The van der Waals surface area contributed by atoms with Crippen molar-refractivity contribution in [3.8, 4) is 0 Å². The van der Waals surface area contributed by atoms with Crippen molar-refractivity contribution in [2.75, 3.05) is 38.1 Å². The van der Waals surface area contributed by atoms with Crippen LogP contribution < -0.4 is 0 Å². The first-order valence-electron chi connectivity index (χ1n) is 5.42. The fraction of sp³-hybridized carbons (Fsp3) is 1.00. The first kappa shape index (κ1) is 11.8. The van der Waals surface area contributed by atoms with Crippen LogP contribution in [-0.2, 0) is 10.0 Å². The summed E-state index contributed by atoms with van der Waals surface area (Å²) in [5.74, 6) is 0. The molecule has 1 heterocycles. The predicted octanol–water partition coefficient (Wildman–Crippen LogP) is 0.491. The Hall–Kier alpha value is 0.350. The van der Waals surface area contributed by atoms with Crippen LogP contribution in [0.1, 0.15) is 12.8 Å². The summed E-state index contributed by atoms with van der Waals surface area (Å²) in [6, 6.07) is 0. The molecule has 0 N–H and O–H groups in total. The first-order chi connectivity index (χ1) is 7.14. The summed E-state index contributed by atoms with van der Waals surface area (Å²) in [5.41, 5.74) is 0. The minimum atomic E-state index is -2.93. The highest BCUT2D eigenvalue weighted by Gasteiger charge is 2.40. The molecule has 88 valence electrons. The molecular formula is C9H17BrN2O2S. The van der Waals surface area contributed by atoms with Crippen molar-refractivity contribution in [1.82, 2.24) is 9.21 Å². The highest BCUT2D eigenvalue weighted by Crippen LogP contribution is 2.31. The van der Waals surface area contributed by atoms with Crippen molar-refractivity contribution in [3.05, 3.63) is 0 Å². The van der Waals surface area contributed by atoms with Crippen LogP contribution in [0.2, 0.25) is 0 Å². The van der Waals surface area contributed by atoms with Gasteiger partial charge in [0.25, 0.3) is 0 Å². The summed E-state index contributed by atoms with van der Waals surface area (Å²) >= 11 is 3.40. The Labute approximate surface area is 99.8 Å². The minimum absolute atomic E-state index is 0.0553. The van der Waals surface area contributed by atoms with Gasteiger partial charge < -0.3 is 0 Å². The van der Waals surface area contributed by atoms with E-state index in [4.69, 9.17) is 0 Å². The van der Waals surface area contributed by atoms with Crippen LogP contribution in [0.5, 0.6) is 0 Å². The van der Waals surface area contributed by atoms with E-state index in [1.165, 1.54) is 0 Å². The van der Waals surface area contributed by atoms with E-state index in [-0.39, 0.29) is 5.25 Å². The van der Waals surface area contributed by atoms with Gasteiger partial charge in [-0.2, -0.15) is 4.31 Å². The average molecular weight is 297 g/mol. The smallest absolute Gasteiger partial charge is 0.217 e. The quantitative estimate of drug-likeness (QED) is 0.709. The van der Waals surface area contributed by atoms with Crippen molar-refractivity contribution in [2.45, 2.75) is 18.1 Å². The number of hydrogen-bond donors (Lipinski definition) is 0. The molecule has 1 aliphatic carbocycles. The second-order valence-corrected chi connectivity index (χ2v) is 7.18. The maximum Gasteiger partial charge on any atom is 0.217 e. The van der Waals surface area contributed by atoms with Gasteiger partial charge in [-0.15, -0.1) is 0 Å². The molecule has 1 aliphatic heterocycles. The highest BCUT2D eigenvalue weighted by molar-refractivity contribution is 9.09. The molecule has 2 aliphatic rings. The molecule has 0 unspecified atom stereocenters. The maximum absolute atomic E-state index is 11.9. The van der Waals surface area contributed by atoms with Crippen molar-refractivity contribution in [2.24, 2.45) is 0 Å². The normalized spacial score (nSPS) is 25.7. The Balaban J connectivity index is 1.87. The molecular weight excluding hydrogens is 280 g/mol. The van der Waals surface area contributed by atoms with E-state index in [1.54, 1.807) is 4.31 Å². The van der Waals surface area contributed by atoms with Crippen LogP contribution in [0.3, 0.4) is 0 Å². The van der Waals surface area contributed by atoms with E-state index in [1.807, 2.05) is 0 Å². The van der Waals surface area contributed by atoms with E-state index in [9.17, 15) is 8.42 Å². The lowest BCUT2D eigenvalue weighted by Gasteiger charge is -2.33. The zero-order valence-electron chi connectivity index (χ0n) is 8.73. The van der Waals surface area contributed by atoms with E-state index >= 15 is 0 Å². The molecule has 0 radical (unpaired) electrons. The van der Waals surface area contributed by atoms with Gasteiger partial charge in [0, 0.05) is 38.1 Å². The van der Waals surface area contributed by atoms with Gasteiger partial charge in [-0.1, -0.05) is 15.9 Å². The fourth-order valence-corrected chi connectivity index (χ4v) is 4.23. The maximum atomic E-state index is 11.9. The van der Waals surface area contributed by atoms with Gasteiger partial charge in [-0.3, -0.25) is 4.90 Å². The Bertz CT molecular complexity index is 308. The third-order valence-corrected chi connectivity index (χ3v) is 5.79. The fourth-order valence-electron chi connectivity index (χ4n) is 1.90. The van der Waals surface area contributed by atoms with Gasteiger partial charge in [-0.25, -0.2) is 8.42 Å². The zero-order chi connectivity index (χ0) is 10.9. The Morgan fingerprint density at radius 1 is 1.13 bits per heavy atom. The predicted molar refractivity (Wildman–Crippen MR) is 63.7 cm³/mol. The minimum Gasteiger partial charge on any atom is -0.300 e. The highest BCUT2D eigenvalue weighted by atomic mass is 79.9. The van der Waals surface area contributed by atoms with Crippen LogP contribution in [0, 0.1) is 0 Å². The topological polar surface area (TPSA) is 40.6 Å². The molecule has 2 fully saturated rings. The summed E-state index contributed by atoms with van der Waals surface area (Å²) in [6.45, 7) is 4.10. The largest absolute Gasteiger partial charge is 0.300 e. The molecule has 15 heavy (non-hydrogen) atoms. The van der Waals surface area contributed by atoms with Gasteiger partial charge in [0.2, 0.25) is 10.0 Å². The average Bonchev–Trinajstić information content (AvgIpc) is 3.02. The third-order valence-electron chi connectivity index (χ3n) is 3.04. The summed E-state index contributed by atoms with van der Waals surface area (Å²) < 4.78 is 25.5. The van der Waals surface area contributed by atoms with Crippen molar-refractivity contribution in [3.63, 3.8) is 0 Å². The van der Waals surface area contributed by atoms with Crippen molar-refractivity contribution < 1.29 is 8.42 Å². The second-order valence-electron chi connectivity index (χ2n) is 4.17. The molecule has 0 bridgehead atoms. The Morgan fingerprint density at radius 2 is 1.73 bits per heavy atom. The summed E-state index contributed by atoms with van der Waals surface area (Å²) in [4.78, 5) is 2.30. The first-order valence-corrected chi connectivity index (χ1v) is 8.04. The van der Waals surface area contributed by atoms with Crippen LogP contribution in [0.15, 0.2) is 0 Å². The number of sulfonamides is 1. The molecule has 0 atom stereocenters. The number of piperazine rings is 1. The van der Waals surface area contributed by atoms with Crippen molar-refractivity contribution in [1.29, 1.82) is 0 Å². The summed E-state index contributed by atoms with van der Waals surface area (Å²) in [5, 5.41) is 0.905. The molecule has 0 aromatic rings. The number of halogens is 1. The molecule has 0 spiro atoms. The molecule has 1 saturated heterocycles. The monoisotopic (exact) mass is 296 g/mol. The molecule has 6 heteroatoms. The van der Waals surface area contributed by atoms with E-state index in [0.29, 0.717) is 13.1 Å². The van der Waals surface area contributed by atoms with E-state index in [2.05, 4.69) is 20.8 Å². The van der Waals surface area contributed by atoms with Gasteiger partial charge in [0.05, 0.1) is 5.25 Å². The molecule has 0 aromatic carbocycles. The van der Waals surface area contributed by atoms with E-state index < -0.39 is 10.0 Å². The number of alkyl halides is 1. The zero-order valence-corrected chi connectivity index (χ0v) is 11.1. The second kappa shape index (κ2) is 4.69. The number of hydrogen-bond acceptors (Lipinski definition) is 3. The summed E-state index contributed by atoms with van der Waals surface area (Å²) in [6.07, 6.45) is 1.73. The molecule has 1 saturated carbocycles. The van der Waals surface area contributed by atoms with Gasteiger partial charge in [0.15, 0.2) is 0 Å². The van der Waals surface area contributed by atoms with Crippen LogP contribution in [-0.4, -0.2) is 60.9 Å². The van der Waals surface area contributed by atoms with Gasteiger partial charge in [-0.05, 0) is 12.8 Å². The Kier molecular flexibility index (Phi) is 3.70. The lowest BCUT2D eigenvalue weighted by Crippen LogP contribution is -2.49. The van der Waals surface area contributed by atoms with E-state index in [0.717, 1.165) is 37.8 Å². The Morgan fingerprint density at radius 3 is 2.20 bits per heavy atom. The number of nitrogens with zero attached hydrogens (tertiary/aromatic N) is 2. The van der Waals surface area contributed by atoms with Crippen LogP contribution in [0.25, 0.3) is 0 Å². The van der Waals surface area contributed by atoms with Gasteiger partial charge >= 0.3 is 0 Å². The van der Waals surface area contributed by atoms with Crippen LogP contribution >= 0.6 is 15.9 Å². The standard InChI is InChI=1S/C9H17BrN2O2S/c10-3-4-11-5-7-12(8-6-11)15(13,14)9-1-2-9/h9H,1-8H2. The lowest BCUT2D eigenvalue weighted by molar-refractivity contribution is 0.198. The molecule has 0 aromatic heterocycles. The van der Waals surface area contributed by atoms with Gasteiger partial charge in [0.1, 0.15) is 0 Å². The molecule has 0 amide bonds. The number of rotatable bonds is 4. The van der Waals surface area contributed by atoms with Crippen LogP contribution in [0.4, 0.5) is 0 Å². The summed E-state index contributed by atoms with van der Waals surface area (Å²) in [7, 11) is -2.93.